The predicted molar refractivity (Wildman–Crippen MR) is 121 cm³/mol. The lowest BCUT2D eigenvalue weighted by molar-refractivity contribution is -0.159. The molecule has 3 fully saturated rings. The molecule has 0 amide bonds. The molecule has 7 heteroatoms. The van der Waals surface area contributed by atoms with Crippen LogP contribution in [0, 0.1) is 0 Å². The maximum atomic E-state index is 13.1. The van der Waals surface area contributed by atoms with Crippen molar-refractivity contribution in [2.24, 2.45) is 0 Å². The first kappa shape index (κ1) is 21.8. The van der Waals surface area contributed by atoms with Crippen molar-refractivity contribution < 1.29 is 28.9 Å². The quantitative estimate of drug-likeness (QED) is 0.414. The number of rotatable bonds is 4. The third-order valence-corrected chi connectivity index (χ3v) is 12.2. The number of aliphatic hydroxyl groups is 2. The van der Waals surface area contributed by atoms with Crippen LogP contribution in [0.25, 0.3) is 0 Å². The Balaban J connectivity index is 1.55. The number of hydrogen-bond acceptors (Lipinski definition) is 6. The molecule has 6 atom stereocenters. The Labute approximate surface area is 189 Å². The van der Waals surface area contributed by atoms with E-state index in [0.29, 0.717) is 6.42 Å². The van der Waals surface area contributed by atoms with Gasteiger partial charge < -0.3 is 24.1 Å². The molecule has 0 aromatic heterocycles. The summed E-state index contributed by atoms with van der Waals surface area (Å²) in [5.41, 5.74) is -0.948. The van der Waals surface area contributed by atoms with E-state index in [4.69, 9.17) is 13.9 Å². The minimum absolute atomic E-state index is 0.154. The third kappa shape index (κ3) is 3.26. The number of epoxide rings is 1. The standard InChI is InChI=1S/C25H30O6Si/c1-24(2,3)32(16-10-6-4-7-11-16,17-12-8-5-9-13-17)31-19-15-25(30-23(19)28)14-18(26)20(27)21-22(25)29-21/h4-13,18-22,26-27H,14-15H2,1-3H3/t18-,19?,20-,21-,22-,25-/m1/s1. The fourth-order valence-corrected chi connectivity index (χ4v) is 10.2. The van der Waals surface area contributed by atoms with Crippen molar-refractivity contribution in [3.8, 4) is 0 Å². The summed E-state index contributed by atoms with van der Waals surface area (Å²) in [6, 6.07) is 20.3. The summed E-state index contributed by atoms with van der Waals surface area (Å²) in [6.45, 7) is 6.49. The van der Waals surface area contributed by atoms with Crippen molar-refractivity contribution >= 4 is 24.7 Å². The maximum absolute atomic E-state index is 13.1. The van der Waals surface area contributed by atoms with Crippen molar-refractivity contribution in [3.05, 3.63) is 60.7 Å². The summed E-state index contributed by atoms with van der Waals surface area (Å²) >= 11 is 0. The van der Waals surface area contributed by atoms with Crippen molar-refractivity contribution in [2.45, 2.75) is 74.8 Å². The van der Waals surface area contributed by atoms with Gasteiger partial charge in [0.25, 0.3) is 8.32 Å². The Bertz CT molecular complexity index is 949. The first-order valence-corrected chi connectivity index (χ1v) is 13.1. The van der Waals surface area contributed by atoms with E-state index in [0.717, 1.165) is 10.4 Å². The fourth-order valence-electron chi connectivity index (χ4n) is 5.62. The van der Waals surface area contributed by atoms with E-state index in [-0.39, 0.29) is 11.5 Å². The van der Waals surface area contributed by atoms with Crippen LogP contribution < -0.4 is 10.4 Å². The molecule has 2 aromatic rings. The molecule has 0 bridgehead atoms. The highest BCUT2D eigenvalue weighted by Gasteiger charge is 2.69. The number of ether oxygens (including phenoxy) is 2. The van der Waals surface area contributed by atoms with Crippen molar-refractivity contribution in [2.75, 3.05) is 0 Å². The van der Waals surface area contributed by atoms with Gasteiger partial charge in [-0.25, -0.2) is 4.79 Å². The van der Waals surface area contributed by atoms with Crippen LogP contribution in [0.5, 0.6) is 0 Å². The first-order valence-electron chi connectivity index (χ1n) is 11.2. The molecule has 6 nitrogen and oxygen atoms in total. The molecule has 1 unspecified atom stereocenters. The predicted octanol–water partition coefficient (Wildman–Crippen LogP) is 1.51. The smallest absolute Gasteiger partial charge is 0.334 e. The van der Waals surface area contributed by atoms with Gasteiger partial charge in [0.15, 0.2) is 0 Å². The summed E-state index contributed by atoms with van der Waals surface area (Å²) in [5.74, 6) is -0.421. The van der Waals surface area contributed by atoms with Crippen LogP contribution in [-0.2, 0) is 18.7 Å². The zero-order chi connectivity index (χ0) is 22.7. The lowest BCUT2D eigenvalue weighted by Gasteiger charge is -2.44. The van der Waals surface area contributed by atoms with Crippen LogP contribution in [0.3, 0.4) is 0 Å². The third-order valence-electron chi connectivity index (χ3n) is 7.16. The number of benzene rings is 2. The summed E-state index contributed by atoms with van der Waals surface area (Å²) < 4.78 is 18.5. The number of aliphatic hydroxyl groups excluding tert-OH is 2. The summed E-state index contributed by atoms with van der Waals surface area (Å²) in [7, 11) is -2.93. The van der Waals surface area contributed by atoms with Gasteiger partial charge in [0.2, 0.25) is 0 Å². The highest BCUT2D eigenvalue weighted by atomic mass is 28.4. The molecule has 1 aliphatic carbocycles. The minimum atomic E-state index is -2.93. The second-order valence-corrected chi connectivity index (χ2v) is 14.5. The van der Waals surface area contributed by atoms with E-state index in [1.54, 1.807) is 0 Å². The number of hydrogen-bond donors (Lipinski definition) is 2. The largest absolute Gasteiger partial charge is 0.454 e. The van der Waals surface area contributed by atoms with E-state index in [1.165, 1.54) is 0 Å². The van der Waals surface area contributed by atoms with Gasteiger partial charge in [-0.2, -0.15) is 0 Å². The highest BCUT2D eigenvalue weighted by Crippen LogP contribution is 2.52. The van der Waals surface area contributed by atoms with Crippen LogP contribution in [0.1, 0.15) is 33.6 Å². The van der Waals surface area contributed by atoms with Gasteiger partial charge in [-0.05, 0) is 15.4 Å². The van der Waals surface area contributed by atoms with Crippen molar-refractivity contribution in [1.82, 2.24) is 0 Å². The molecule has 2 aliphatic heterocycles. The summed E-state index contributed by atoms with van der Waals surface area (Å²) in [5, 5.41) is 22.4. The highest BCUT2D eigenvalue weighted by molar-refractivity contribution is 6.99. The zero-order valence-corrected chi connectivity index (χ0v) is 19.6. The van der Waals surface area contributed by atoms with Gasteiger partial charge in [0.1, 0.15) is 30.0 Å². The molecule has 1 spiro atoms. The molecule has 2 N–H and O–H groups in total. The topological polar surface area (TPSA) is 88.5 Å². The second kappa shape index (κ2) is 7.50. The first-order chi connectivity index (χ1) is 15.2. The molecule has 0 radical (unpaired) electrons. The SMILES string of the molecule is CC(C)(C)[Si](OC1C[C@@]2(C[C@@H](O)[C@@H](O)[C@H]3O[C@H]32)OC1=O)(c1ccccc1)c1ccccc1. The van der Waals surface area contributed by atoms with Crippen LogP contribution in [0.2, 0.25) is 5.04 Å². The molecule has 2 aromatic carbocycles. The lowest BCUT2D eigenvalue weighted by Crippen LogP contribution is -2.68. The molecule has 2 heterocycles. The normalized spacial score (nSPS) is 34.3. The number of carbonyl (C=O) groups is 1. The minimum Gasteiger partial charge on any atom is -0.454 e. The molecule has 5 rings (SSSR count). The lowest BCUT2D eigenvalue weighted by atomic mass is 9.79. The monoisotopic (exact) mass is 454 g/mol. The van der Waals surface area contributed by atoms with E-state index in [9.17, 15) is 15.0 Å². The van der Waals surface area contributed by atoms with Gasteiger partial charge >= 0.3 is 5.97 Å². The van der Waals surface area contributed by atoms with Gasteiger partial charge in [0.05, 0.1) is 6.10 Å². The van der Waals surface area contributed by atoms with Gasteiger partial charge in [-0.1, -0.05) is 81.4 Å². The van der Waals surface area contributed by atoms with Crippen LogP contribution in [-0.4, -0.2) is 60.6 Å². The second-order valence-electron chi connectivity index (χ2n) is 10.2. The Morgan fingerprint density at radius 1 is 0.969 bits per heavy atom. The molecule has 1 saturated carbocycles. The van der Waals surface area contributed by atoms with Gasteiger partial charge in [0, 0.05) is 12.8 Å². The molecule has 3 aliphatic rings. The van der Waals surface area contributed by atoms with Crippen LogP contribution in [0.15, 0.2) is 60.7 Å². The number of fused-ring (bicyclic) bond motifs is 2. The Hall–Kier alpha value is -2.03. The fraction of sp³-hybridized carbons (Fsp3) is 0.480. The van der Waals surface area contributed by atoms with E-state index >= 15 is 0 Å². The van der Waals surface area contributed by atoms with Crippen LogP contribution in [0.4, 0.5) is 0 Å². The number of esters is 1. The van der Waals surface area contributed by atoms with Crippen LogP contribution >= 0.6 is 0 Å². The van der Waals surface area contributed by atoms with E-state index in [2.05, 4.69) is 45.0 Å². The van der Waals surface area contributed by atoms with Crippen molar-refractivity contribution in [1.29, 1.82) is 0 Å². The van der Waals surface area contributed by atoms with Gasteiger partial charge in [-0.3, -0.25) is 0 Å². The molecule has 2 saturated heterocycles. The summed E-state index contributed by atoms with van der Waals surface area (Å²) in [6.07, 6.45) is -3.12. The average Bonchev–Trinajstić information content (AvgIpc) is 3.52. The molecule has 170 valence electrons. The zero-order valence-electron chi connectivity index (χ0n) is 18.6. The number of carbonyl (C=O) groups excluding carboxylic acids is 1. The Kier molecular flexibility index (Phi) is 5.11. The molecular formula is C25H30O6Si. The van der Waals surface area contributed by atoms with Crippen molar-refractivity contribution in [3.63, 3.8) is 0 Å². The average molecular weight is 455 g/mol. The van der Waals surface area contributed by atoms with E-state index in [1.807, 2.05) is 36.4 Å². The molecule has 32 heavy (non-hydrogen) atoms. The Morgan fingerprint density at radius 3 is 2.06 bits per heavy atom. The van der Waals surface area contributed by atoms with E-state index < -0.39 is 50.4 Å². The summed E-state index contributed by atoms with van der Waals surface area (Å²) in [4.78, 5) is 13.1. The maximum Gasteiger partial charge on any atom is 0.334 e. The van der Waals surface area contributed by atoms with Gasteiger partial charge in [-0.15, -0.1) is 0 Å². The Morgan fingerprint density at radius 2 is 1.53 bits per heavy atom. The molecular weight excluding hydrogens is 424 g/mol.